The summed E-state index contributed by atoms with van der Waals surface area (Å²) in [5.41, 5.74) is -0.482. The van der Waals surface area contributed by atoms with E-state index in [-0.39, 0.29) is 6.54 Å². The largest absolute Gasteiger partial charge is 0.495 e. The molecule has 0 aliphatic heterocycles. The Balaban J connectivity index is 2.30. The first-order valence-electron chi connectivity index (χ1n) is 5.44. The summed E-state index contributed by atoms with van der Waals surface area (Å²) in [7, 11) is 1.53. The lowest BCUT2D eigenvalue weighted by atomic mass is 10.3. The van der Waals surface area contributed by atoms with Crippen molar-refractivity contribution in [2.24, 2.45) is 0 Å². The highest BCUT2D eigenvalue weighted by atomic mass is 16.6. The van der Waals surface area contributed by atoms with Gasteiger partial charge in [0.05, 0.1) is 30.5 Å². The number of hydrogen-bond donors (Lipinski definition) is 0. The monoisotopic (exact) mass is 261 g/mol. The highest BCUT2D eigenvalue weighted by Gasteiger charge is 2.13. The molecule has 0 aliphatic carbocycles. The lowest BCUT2D eigenvalue weighted by Gasteiger charge is -2.05. The Kier molecular flexibility index (Phi) is 3.56. The van der Waals surface area contributed by atoms with E-state index in [4.69, 9.17) is 4.74 Å². The minimum atomic E-state index is -0.694. The molecule has 0 saturated carbocycles. The van der Waals surface area contributed by atoms with Crippen LogP contribution in [-0.4, -0.2) is 21.6 Å². The number of rotatable bonds is 4. The molecule has 7 heteroatoms. The van der Waals surface area contributed by atoms with Gasteiger partial charge in [-0.05, 0) is 18.2 Å². The first-order chi connectivity index (χ1) is 9.11. The van der Waals surface area contributed by atoms with Gasteiger partial charge in [-0.1, -0.05) is 0 Å². The van der Waals surface area contributed by atoms with E-state index in [0.717, 1.165) is 0 Å². The van der Waals surface area contributed by atoms with E-state index in [1.54, 1.807) is 12.1 Å². The van der Waals surface area contributed by atoms with E-state index in [0.29, 0.717) is 11.4 Å². The summed E-state index contributed by atoms with van der Waals surface area (Å²) in [6.45, 7) is 0.171. The van der Waals surface area contributed by atoms with Crippen molar-refractivity contribution >= 4 is 5.69 Å². The van der Waals surface area contributed by atoms with Gasteiger partial charge in [0.15, 0.2) is 0 Å². The first-order valence-corrected chi connectivity index (χ1v) is 5.44. The molecule has 0 atom stereocenters. The second-order valence-corrected chi connectivity index (χ2v) is 3.77. The van der Waals surface area contributed by atoms with Gasteiger partial charge >= 0.3 is 11.2 Å². The molecule has 0 bridgehead atoms. The van der Waals surface area contributed by atoms with E-state index < -0.39 is 16.2 Å². The number of pyridine rings is 2. The normalized spacial score (nSPS) is 10.2. The Labute approximate surface area is 108 Å². The number of nitro groups is 1. The maximum Gasteiger partial charge on any atom is 0.334 e. The van der Waals surface area contributed by atoms with Crippen LogP contribution < -0.4 is 10.3 Å². The molecule has 19 heavy (non-hydrogen) atoms. The van der Waals surface area contributed by atoms with Crippen LogP contribution in [0.5, 0.6) is 5.75 Å². The molecular formula is C12H11N3O4. The van der Waals surface area contributed by atoms with Crippen LogP contribution in [0.2, 0.25) is 0 Å². The summed E-state index contributed by atoms with van der Waals surface area (Å²) in [5, 5.41) is 10.7. The number of nitrogens with zero attached hydrogens (tertiary/aromatic N) is 3. The molecule has 0 N–H and O–H groups in total. The maximum absolute atomic E-state index is 11.8. The Morgan fingerprint density at radius 3 is 2.79 bits per heavy atom. The quantitative estimate of drug-likeness (QED) is 0.609. The summed E-state index contributed by atoms with van der Waals surface area (Å²) < 4.78 is 6.22. The molecule has 7 nitrogen and oxygen atoms in total. The average molecular weight is 261 g/mol. The zero-order valence-corrected chi connectivity index (χ0v) is 10.1. The lowest BCUT2D eigenvalue weighted by molar-refractivity contribution is -0.386. The Morgan fingerprint density at radius 2 is 2.21 bits per heavy atom. The Bertz CT molecular complexity index is 649. The molecule has 0 radical (unpaired) electrons. The fraction of sp³-hybridized carbons (Fsp3) is 0.167. The van der Waals surface area contributed by atoms with Crippen molar-refractivity contribution in [3.63, 3.8) is 0 Å². The fourth-order valence-electron chi connectivity index (χ4n) is 1.59. The number of aromatic nitrogens is 2. The molecule has 98 valence electrons. The third kappa shape index (κ3) is 2.76. The van der Waals surface area contributed by atoms with E-state index in [1.807, 2.05) is 0 Å². The van der Waals surface area contributed by atoms with Crippen molar-refractivity contribution in [3.05, 3.63) is 62.8 Å². The second kappa shape index (κ2) is 5.30. The molecule has 2 heterocycles. The Hall–Kier alpha value is -2.70. The number of ether oxygens (including phenoxy) is 1. The van der Waals surface area contributed by atoms with Gasteiger partial charge in [-0.25, -0.2) is 0 Å². The molecule has 2 rings (SSSR count). The summed E-state index contributed by atoms with van der Waals surface area (Å²) in [6, 6.07) is 6.05. The molecule has 0 aliphatic rings. The van der Waals surface area contributed by atoms with Gasteiger partial charge < -0.3 is 9.30 Å². The van der Waals surface area contributed by atoms with Crippen LogP contribution in [0.25, 0.3) is 0 Å². The molecule has 0 saturated heterocycles. The van der Waals surface area contributed by atoms with E-state index in [1.165, 1.54) is 36.2 Å². The van der Waals surface area contributed by atoms with Gasteiger partial charge in [0.1, 0.15) is 5.75 Å². The van der Waals surface area contributed by atoms with Gasteiger partial charge in [0.2, 0.25) is 0 Å². The number of methoxy groups -OCH3 is 1. The van der Waals surface area contributed by atoms with Crippen LogP contribution in [-0.2, 0) is 6.54 Å². The van der Waals surface area contributed by atoms with Crippen molar-refractivity contribution in [3.8, 4) is 5.75 Å². The summed E-state index contributed by atoms with van der Waals surface area (Å²) in [4.78, 5) is 25.9. The smallest absolute Gasteiger partial charge is 0.334 e. The molecule has 2 aromatic rings. The van der Waals surface area contributed by atoms with Crippen LogP contribution in [0.1, 0.15) is 5.69 Å². The highest BCUT2D eigenvalue weighted by Crippen LogP contribution is 2.09. The predicted octanol–water partition coefficient (Wildman–Crippen LogP) is 1.21. The van der Waals surface area contributed by atoms with Crippen molar-refractivity contribution in [2.45, 2.75) is 6.54 Å². The third-order valence-electron chi connectivity index (χ3n) is 2.56. The van der Waals surface area contributed by atoms with Gasteiger partial charge in [0, 0.05) is 12.3 Å². The van der Waals surface area contributed by atoms with E-state index in [2.05, 4.69) is 4.98 Å². The molecular weight excluding hydrogens is 250 g/mol. The summed E-state index contributed by atoms with van der Waals surface area (Å²) >= 11 is 0. The van der Waals surface area contributed by atoms with Crippen molar-refractivity contribution < 1.29 is 9.66 Å². The minimum absolute atomic E-state index is 0.171. The average Bonchev–Trinajstić information content (AvgIpc) is 2.41. The van der Waals surface area contributed by atoms with Crippen LogP contribution >= 0.6 is 0 Å². The molecule has 0 amide bonds. The standard InChI is InChI=1S/C12H11N3O4/c1-19-10-5-4-9(13-7-10)8-14-6-2-3-11(12(14)16)15(17)18/h2-7H,8H2,1H3. The van der Waals surface area contributed by atoms with Crippen molar-refractivity contribution in [1.82, 2.24) is 9.55 Å². The molecule has 0 spiro atoms. The van der Waals surface area contributed by atoms with Gasteiger partial charge in [0.25, 0.3) is 0 Å². The third-order valence-corrected chi connectivity index (χ3v) is 2.56. The molecule has 0 unspecified atom stereocenters. The van der Waals surface area contributed by atoms with E-state index >= 15 is 0 Å². The molecule has 0 aromatic carbocycles. The zero-order valence-electron chi connectivity index (χ0n) is 10.1. The maximum atomic E-state index is 11.8. The van der Waals surface area contributed by atoms with Crippen LogP contribution in [0.4, 0.5) is 5.69 Å². The fourth-order valence-corrected chi connectivity index (χ4v) is 1.59. The van der Waals surface area contributed by atoms with Crippen LogP contribution in [0.15, 0.2) is 41.5 Å². The van der Waals surface area contributed by atoms with Crippen LogP contribution in [0, 0.1) is 10.1 Å². The minimum Gasteiger partial charge on any atom is -0.495 e. The van der Waals surface area contributed by atoms with Crippen LogP contribution in [0.3, 0.4) is 0 Å². The SMILES string of the molecule is COc1ccc(Cn2cccc([N+](=O)[O-])c2=O)nc1. The van der Waals surface area contributed by atoms with Gasteiger partial charge in [-0.15, -0.1) is 0 Å². The topological polar surface area (TPSA) is 87.3 Å². The van der Waals surface area contributed by atoms with Crippen molar-refractivity contribution in [2.75, 3.05) is 7.11 Å². The van der Waals surface area contributed by atoms with E-state index in [9.17, 15) is 14.9 Å². The summed E-state index contributed by atoms with van der Waals surface area (Å²) in [6.07, 6.45) is 3.01. The highest BCUT2D eigenvalue weighted by molar-refractivity contribution is 5.26. The Morgan fingerprint density at radius 1 is 1.42 bits per heavy atom. The number of hydrogen-bond acceptors (Lipinski definition) is 5. The second-order valence-electron chi connectivity index (χ2n) is 3.77. The molecule has 2 aromatic heterocycles. The predicted molar refractivity (Wildman–Crippen MR) is 67.2 cm³/mol. The zero-order chi connectivity index (χ0) is 13.8. The van der Waals surface area contributed by atoms with Gasteiger partial charge in [-0.2, -0.15) is 0 Å². The first kappa shape index (κ1) is 12.7. The van der Waals surface area contributed by atoms with Gasteiger partial charge in [-0.3, -0.25) is 19.9 Å². The lowest BCUT2D eigenvalue weighted by Crippen LogP contribution is -2.22. The van der Waals surface area contributed by atoms with Crippen molar-refractivity contribution in [1.29, 1.82) is 0 Å². The molecule has 0 fully saturated rings. The summed E-state index contributed by atoms with van der Waals surface area (Å²) in [5.74, 6) is 0.607.